The van der Waals surface area contributed by atoms with Gasteiger partial charge in [0.1, 0.15) is 5.82 Å². The molecule has 0 fully saturated rings. The highest BCUT2D eigenvalue weighted by molar-refractivity contribution is 5.46. The van der Waals surface area contributed by atoms with Crippen LogP contribution in [0.4, 0.5) is 10.1 Å². The van der Waals surface area contributed by atoms with Crippen LogP contribution in [0, 0.1) is 11.2 Å². The van der Waals surface area contributed by atoms with E-state index in [1.54, 1.807) is 0 Å². The van der Waals surface area contributed by atoms with Crippen molar-refractivity contribution in [1.29, 1.82) is 0 Å². The van der Waals surface area contributed by atoms with Crippen LogP contribution in [-0.2, 0) is 0 Å². The second-order valence-electron chi connectivity index (χ2n) is 5.92. The van der Waals surface area contributed by atoms with Crippen molar-refractivity contribution in [3.63, 3.8) is 0 Å². The zero-order valence-electron chi connectivity index (χ0n) is 11.7. The maximum absolute atomic E-state index is 12.9. The zero-order valence-corrected chi connectivity index (χ0v) is 11.7. The Kier molecular flexibility index (Phi) is 5.60. The first-order valence-electron chi connectivity index (χ1n) is 6.63. The molecule has 0 spiro atoms. The summed E-state index contributed by atoms with van der Waals surface area (Å²) in [4.78, 5) is 2.29. The number of halogens is 1. The van der Waals surface area contributed by atoms with Crippen molar-refractivity contribution in [1.82, 2.24) is 0 Å². The minimum atomic E-state index is -0.187. The Morgan fingerprint density at radius 3 is 2.22 bits per heavy atom. The quantitative estimate of drug-likeness (QED) is 0.840. The molecule has 0 aliphatic heterocycles. The molecule has 0 aliphatic rings. The third kappa shape index (κ3) is 5.50. The van der Waals surface area contributed by atoms with Crippen LogP contribution in [0.2, 0.25) is 0 Å². The molecule has 0 aromatic heterocycles. The smallest absolute Gasteiger partial charge is 0.123 e. The van der Waals surface area contributed by atoms with E-state index in [9.17, 15) is 4.39 Å². The molecule has 2 N–H and O–H groups in total. The summed E-state index contributed by atoms with van der Waals surface area (Å²) in [7, 11) is 0. The first-order valence-corrected chi connectivity index (χ1v) is 6.63. The molecule has 0 aliphatic carbocycles. The van der Waals surface area contributed by atoms with Crippen molar-refractivity contribution in [3.8, 4) is 0 Å². The van der Waals surface area contributed by atoms with Gasteiger partial charge in [-0.05, 0) is 49.1 Å². The lowest BCUT2D eigenvalue weighted by Gasteiger charge is -2.28. The maximum atomic E-state index is 12.9. The molecule has 0 unspecified atom stereocenters. The van der Waals surface area contributed by atoms with Gasteiger partial charge in [-0.25, -0.2) is 4.39 Å². The van der Waals surface area contributed by atoms with Crippen molar-refractivity contribution in [2.45, 2.75) is 33.6 Å². The molecule has 102 valence electrons. The summed E-state index contributed by atoms with van der Waals surface area (Å²) in [5.74, 6) is -0.187. The Hall–Kier alpha value is -1.09. The van der Waals surface area contributed by atoms with Crippen LogP contribution in [0.5, 0.6) is 0 Å². The second-order valence-corrected chi connectivity index (χ2v) is 5.92. The van der Waals surface area contributed by atoms with E-state index >= 15 is 0 Å². The van der Waals surface area contributed by atoms with Crippen LogP contribution in [0.25, 0.3) is 0 Å². The Bertz CT molecular complexity index is 341. The summed E-state index contributed by atoms with van der Waals surface area (Å²) in [6.07, 6.45) is 2.07. The van der Waals surface area contributed by atoms with Crippen molar-refractivity contribution in [3.05, 3.63) is 30.1 Å². The average molecular weight is 252 g/mol. The van der Waals surface area contributed by atoms with Crippen molar-refractivity contribution < 1.29 is 4.39 Å². The SMILES string of the molecule is CC(C)(C)CCN(CCCN)c1ccc(F)cc1. The van der Waals surface area contributed by atoms with E-state index in [1.807, 2.05) is 12.1 Å². The van der Waals surface area contributed by atoms with Crippen LogP contribution < -0.4 is 10.6 Å². The van der Waals surface area contributed by atoms with E-state index in [0.717, 1.165) is 31.6 Å². The first-order chi connectivity index (χ1) is 8.42. The lowest BCUT2D eigenvalue weighted by Crippen LogP contribution is -2.29. The summed E-state index contributed by atoms with van der Waals surface area (Å²) in [6.45, 7) is 9.30. The van der Waals surface area contributed by atoms with Crippen LogP contribution >= 0.6 is 0 Å². The molecule has 18 heavy (non-hydrogen) atoms. The fraction of sp³-hybridized carbons (Fsp3) is 0.600. The van der Waals surface area contributed by atoms with E-state index in [4.69, 9.17) is 5.73 Å². The summed E-state index contributed by atoms with van der Waals surface area (Å²) in [5.41, 5.74) is 6.96. The summed E-state index contributed by atoms with van der Waals surface area (Å²) in [6, 6.07) is 6.72. The molecule has 1 rings (SSSR count). The number of nitrogens with zero attached hydrogens (tertiary/aromatic N) is 1. The lowest BCUT2D eigenvalue weighted by molar-refractivity contribution is 0.378. The molecule has 0 saturated carbocycles. The Balaban J connectivity index is 2.68. The van der Waals surface area contributed by atoms with Gasteiger partial charge < -0.3 is 10.6 Å². The van der Waals surface area contributed by atoms with Gasteiger partial charge in [-0.3, -0.25) is 0 Å². The van der Waals surface area contributed by atoms with E-state index in [2.05, 4.69) is 25.7 Å². The van der Waals surface area contributed by atoms with E-state index < -0.39 is 0 Å². The monoisotopic (exact) mass is 252 g/mol. The van der Waals surface area contributed by atoms with Gasteiger partial charge in [0.05, 0.1) is 0 Å². The third-order valence-corrected chi connectivity index (χ3v) is 2.96. The number of hydrogen-bond donors (Lipinski definition) is 1. The fourth-order valence-electron chi connectivity index (χ4n) is 1.77. The van der Waals surface area contributed by atoms with Gasteiger partial charge in [-0.1, -0.05) is 20.8 Å². The molecular weight excluding hydrogens is 227 g/mol. The molecule has 0 radical (unpaired) electrons. The first kappa shape index (κ1) is 15.0. The molecule has 2 nitrogen and oxygen atoms in total. The number of nitrogens with two attached hydrogens (primary N) is 1. The van der Waals surface area contributed by atoms with Crippen LogP contribution in [0.1, 0.15) is 33.6 Å². The van der Waals surface area contributed by atoms with Gasteiger partial charge in [0, 0.05) is 18.8 Å². The number of benzene rings is 1. The topological polar surface area (TPSA) is 29.3 Å². The molecule has 0 bridgehead atoms. The van der Waals surface area contributed by atoms with Crippen molar-refractivity contribution in [2.75, 3.05) is 24.5 Å². The zero-order chi connectivity index (χ0) is 13.6. The average Bonchev–Trinajstić information content (AvgIpc) is 2.29. The summed E-state index contributed by atoms with van der Waals surface area (Å²) < 4.78 is 12.9. The number of hydrogen-bond acceptors (Lipinski definition) is 2. The molecule has 0 atom stereocenters. The van der Waals surface area contributed by atoms with Gasteiger partial charge in [0.25, 0.3) is 0 Å². The molecule has 1 aromatic carbocycles. The lowest BCUT2D eigenvalue weighted by atomic mass is 9.92. The molecule has 3 heteroatoms. The Morgan fingerprint density at radius 1 is 1.11 bits per heavy atom. The van der Waals surface area contributed by atoms with Crippen LogP contribution in [0.3, 0.4) is 0 Å². The largest absolute Gasteiger partial charge is 0.371 e. The molecule has 1 aromatic rings. The van der Waals surface area contributed by atoms with Crippen LogP contribution in [0.15, 0.2) is 24.3 Å². The van der Waals surface area contributed by atoms with Gasteiger partial charge in [-0.2, -0.15) is 0 Å². The van der Waals surface area contributed by atoms with E-state index in [-0.39, 0.29) is 5.82 Å². The summed E-state index contributed by atoms with van der Waals surface area (Å²) >= 11 is 0. The third-order valence-electron chi connectivity index (χ3n) is 2.96. The normalized spacial score (nSPS) is 11.6. The molecule has 0 heterocycles. The van der Waals surface area contributed by atoms with Crippen molar-refractivity contribution in [2.24, 2.45) is 11.1 Å². The molecular formula is C15H25FN2. The van der Waals surface area contributed by atoms with E-state index in [0.29, 0.717) is 12.0 Å². The Morgan fingerprint density at radius 2 is 1.72 bits per heavy atom. The minimum absolute atomic E-state index is 0.187. The van der Waals surface area contributed by atoms with Crippen LogP contribution in [-0.4, -0.2) is 19.6 Å². The minimum Gasteiger partial charge on any atom is -0.371 e. The molecule has 0 saturated heterocycles. The molecule has 0 amide bonds. The highest BCUT2D eigenvalue weighted by Gasteiger charge is 2.13. The van der Waals surface area contributed by atoms with Gasteiger partial charge in [0.15, 0.2) is 0 Å². The predicted molar refractivity (Wildman–Crippen MR) is 76.4 cm³/mol. The predicted octanol–water partition coefficient (Wildman–Crippen LogP) is 3.42. The highest BCUT2D eigenvalue weighted by atomic mass is 19.1. The maximum Gasteiger partial charge on any atom is 0.123 e. The van der Waals surface area contributed by atoms with Gasteiger partial charge in [-0.15, -0.1) is 0 Å². The second kappa shape index (κ2) is 6.74. The summed E-state index contributed by atoms with van der Waals surface area (Å²) in [5, 5.41) is 0. The van der Waals surface area contributed by atoms with Gasteiger partial charge in [0.2, 0.25) is 0 Å². The Labute approximate surface area is 110 Å². The van der Waals surface area contributed by atoms with Gasteiger partial charge >= 0.3 is 0 Å². The fourth-order valence-corrected chi connectivity index (χ4v) is 1.77. The number of rotatable bonds is 6. The standard InChI is InChI=1S/C15H25FN2/c1-15(2,3)9-12-18(11-4-10-17)14-7-5-13(16)6-8-14/h5-8H,4,9-12,17H2,1-3H3. The van der Waals surface area contributed by atoms with Crippen molar-refractivity contribution >= 4 is 5.69 Å². The van der Waals surface area contributed by atoms with E-state index in [1.165, 1.54) is 12.1 Å². The highest BCUT2D eigenvalue weighted by Crippen LogP contribution is 2.22. The number of anilines is 1.